The van der Waals surface area contributed by atoms with Gasteiger partial charge in [-0.05, 0) is 38.6 Å². The minimum Gasteiger partial charge on any atom is -0.319 e. The maximum absolute atomic E-state index is 12.1. The molecule has 1 atom stereocenters. The number of H-pyrrole nitrogens is 1. The van der Waals surface area contributed by atoms with Crippen molar-refractivity contribution < 1.29 is 0 Å². The summed E-state index contributed by atoms with van der Waals surface area (Å²) in [6, 6.07) is 8.17. The number of aromatic amines is 1. The van der Waals surface area contributed by atoms with E-state index < -0.39 is 0 Å². The molecular formula is C15H20N4O. The Bertz CT molecular complexity index is 652. The number of nitrogens with zero attached hydrogens (tertiary/aromatic N) is 2. The van der Waals surface area contributed by atoms with Crippen molar-refractivity contribution in [1.82, 2.24) is 20.2 Å². The third kappa shape index (κ3) is 2.59. The number of hydrogen-bond acceptors (Lipinski definition) is 4. The summed E-state index contributed by atoms with van der Waals surface area (Å²) in [5.41, 5.74) is 2.20. The van der Waals surface area contributed by atoms with E-state index in [2.05, 4.69) is 20.2 Å². The summed E-state index contributed by atoms with van der Waals surface area (Å²) in [5.74, 6) is 0. The molecular weight excluding hydrogens is 252 g/mol. The van der Waals surface area contributed by atoms with Crippen LogP contribution in [0.15, 0.2) is 29.1 Å². The SMILES string of the molecule is CNCC1CCCN1Cc1nc2ccccc2[nH]c1=O. The second-order valence-electron chi connectivity index (χ2n) is 5.35. The summed E-state index contributed by atoms with van der Waals surface area (Å²) in [6.45, 7) is 2.64. The van der Waals surface area contributed by atoms with Gasteiger partial charge in [-0.1, -0.05) is 12.1 Å². The van der Waals surface area contributed by atoms with Gasteiger partial charge >= 0.3 is 0 Å². The fourth-order valence-electron chi connectivity index (χ4n) is 2.94. The molecule has 2 N–H and O–H groups in total. The summed E-state index contributed by atoms with van der Waals surface area (Å²) in [4.78, 5) is 21.9. The molecule has 1 aliphatic rings. The van der Waals surface area contributed by atoms with Gasteiger partial charge < -0.3 is 10.3 Å². The van der Waals surface area contributed by atoms with Gasteiger partial charge in [-0.25, -0.2) is 4.98 Å². The van der Waals surface area contributed by atoms with E-state index in [1.807, 2.05) is 31.3 Å². The molecule has 20 heavy (non-hydrogen) atoms. The van der Waals surface area contributed by atoms with Gasteiger partial charge in [0, 0.05) is 19.1 Å². The summed E-state index contributed by atoms with van der Waals surface area (Å²) >= 11 is 0. The van der Waals surface area contributed by atoms with Gasteiger partial charge in [0.2, 0.25) is 0 Å². The standard InChI is InChI=1S/C15H20N4O/c1-16-9-11-5-4-8-19(11)10-14-15(20)18-13-7-3-2-6-12(13)17-14/h2-3,6-7,11,16H,4-5,8-10H2,1H3,(H,18,20). The first-order valence-electron chi connectivity index (χ1n) is 7.14. The minimum absolute atomic E-state index is 0.0705. The molecule has 1 aromatic carbocycles. The number of fused-ring (bicyclic) bond motifs is 1. The van der Waals surface area contributed by atoms with Crippen molar-refractivity contribution >= 4 is 11.0 Å². The first-order chi connectivity index (χ1) is 9.78. The number of likely N-dealkylation sites (N-methyl/N-ethyl adjacent to an activating group) is 1. The highest BCUT2D eigenvalue weighted by atomic mass is 16.1. The third-order valence-electron chi connectivity index (χ3n) is 3.96. The highest BCUT2D eigenvalue weighted by Crippen LogP contribution is 2.18. The average Bonchev–Trinajstić information content (AvgIpc) is 2.87. The van der Waals surface area contributed by atoms with Crippen LogP contribution in [0.25, 0.3) is 11.0 Å². The summed E-state index contributed by atoms with van der Waals surface area (Å²) in [7, 11) is 1.97. The fourth-order valence-corrected chi connectivity index (χ4v) is 2.94. The second-order valence-corrected chi connectivity index (χ2v) is 5.35. The molecule has 0 radical (unpaired) electrons. The van der Waals surface area contributed by atoms with Gasteiger partial charge in [-0.15, -0.1) is 0 Å². The normalized spacial score (nSPS) is 19.8. The lowest BCUT2D eigenvalue weighted by molar-refractivity contribution is 0.239. The van der Waals surface area contributed by atoms with Crippen LogP contribution < -0.4 is 10.9 Å². The Balaban J connectivity index is 1.87. The van der Waals surface area contributed by atoms with Gasteiger partial charge in [-0.3, -0.25) is 9.69 Å². The molecule has 3 rings (SSSR count). The number of nitrogens with one attached hydrogen (secondary N) is 2. The first-order valence-corrected chi connectivity index (χ1v) is 7.14. The molecule has 0 aliphatic carbocycles. The summed E-state index contributed by atoms with van der Waals surface area (Å²) in [5, 5.41) is 3.22. The van der Waals surface area contributed by atoms with Crippen LogP contribution in [0.2, 0.25) is 0 Å². The van der Waals surface area contributed by atoms with Crippen molar-refractivity contribution in [2.45, 2.75) is 25.4 Å². The van der Waals surface area contributed by atoms with E-state index in [1.165, 1.54) is 12.8 Å². The lowest BCUT2D eigenvalue weighted by Gasteiger charge is -2.23. The van der Waals surface area contributed by atoms with Gasteiger partial charge in [0.15, 0.2) is 0 Å². The second kappa shape index (κ2) is 5.73. The van der Waals surface area contributed by atoms with Crippen molar-refractivity contribution in [2.75, 3.05) is 20.1 Å². The van der Waals surface area contributed by atoms with Crippen molar-refractivity contribution in [1.29, 1.82) is 0 Å². The van der Waals surface area contributed by atoms with Crippen molar-refractivity contribution in [3.63, 3.8) is 0 Å². The molecule has 1 aliphatic heterocycles. The molecule has 2 heterocycles. The third-order valence-corrected chi connectivity index (χ3v) is 3.96. The number of benzene rings is 1. The van der Waals surface area contributed by atoms with Crippen LogP contribution in [0.3, 0.4) is 0 Å². The van der Waals surface area contributed by atoms with E-state index in [-0.39, 0.29) is 5.56 Å². The van der Waals surface area contributed by atoms with Crippen LogP contribution in [0.1, 0.15) is 18.5 Å². The molecule has 0 bridgehead atoms. The Labute approximate surface area is 118 Å². The zero-order valence-electron chi connectivity index (χ0n) is 11.7. The molecule has 0 spiro atoms. The van der Waals surface area contributed by atoms with Crippen LogP contribution in [0.5, 0.6) is 0 Å². The Hall–Kier alpha value is -1.72. The lowest BCUT2D eigenvalue weighted by atomic mass is 10.2. The van der Waals surface area contributed by atoms with E-state index in [0.717, 1.165) is 24.1 Å². The zero-order valence-corrected chi connectivity index (χ0v) is 11.7. The highest BCUT2D eigenvalue weighted by Gasteiger charge is 2.24. The van der Waals surface area contributed by atoms with Crippen LogP contribution in [0.4, 0.5) is 0 Å². The maximum Gasteiger partial charge on any atom is 0.271 e. The van der Waals surface area contributed by atoms with Gasteiger partial charge in [0.05, 0.1) is 11.0 Å². The van der Waals surface area contributed by atoms with Gasteiger partial charge in [0.25, 0.3) is 5.56 Å². The molecule has 1 aromatic heterocycles. The smallest absolute Gasteiger partial charge is 0.271 e. The molecule has 2 aromatic rings. The van der Waals surface area contributed by atoms with Crippen LogP contribution in [-0.2, 0) is 6.54 Å². The van der Waals surface area contributed by atoms with Gasteiger partial charge in [0.1, 0.15) is 5.69 Å². The predicted molar refractivity (Wildman–Crippen MR) is 79.7 cm³/mol. The maximum atomic E-state index is 12.1. The Morgan fingerprint density at radius 3 is 3.15 bits per heavy atom. The van der Waals surface area contributed by atoms with Crippen molar-refractivity contribution in [3.05, 3.63) is 40.3 Å². The molecule has 0 saturated carbocycles. The predicted octanol–water partition coefficient (Wildman–Crippen LogP) is 1.11. The number of para-hydroxylation sites is 2. The lowest BCUT2D eigenvalue weighted by Crippen LogP contribution is -2.37. The molecule has 1 fully saturated rings. The molecule has 0 amide bonds. The van der Waals surface area contributed by atoms with E-state index >= 15 is 0 Å². The van der Waals surface area contributed by atoms with Crippen LogP contribution in [0, 0.1) is 0 Å². The Morgan fingerprint density at radius 2 is 2.30 bits per heavy atom. The van der Waals surface area contributed by atoms with Crippen molar-refractivity contribution in [2.24, 2.45) is 0 Å². The summed E-state index contributed by atoms with van der Waals surface area (Å²) < 4.78 is 0. The average molecular weight is 272 g/mol. The van der Waals surface area contributed by atoms with E-state index in [1.54, 1.807) is 0 Å². The Morgan fingerprint density at radius 1 is 1.45 bits per heavy atom. The molecule has 5 heteroatoms. The van der Waals surface area contributed by atoms with Gasteiger partial charge in [-0.2, -0.15) is 0 Å². The molecule has 106 valence electrons. The fraction of sp³-hybridized carbons (Fsp3) is 0.467. The van der Waals surface area contributed by atoms with Crippen LogP contribution in [-0.4, -0.2) is 41.0 Å². The number of rotatable bonds is 4. The zero-order chi connectivity index (χ0) is 13.9. The minimum atomic E-state index is -0.0705. The summed E-state index contributed by atoms with van der Waals surface area (Å²) in [6.07, 6.45) is 2.38. The quantitative estimate of drug-likeness (QED) is 0.875. The van der Waals surface area contributed by atoms with E-state index in [0.29, 0.717) is 18.3 Å². The number of hydrogen-bond donors (Lipinski definition) is 2. The van der Waals surface area contributed by atoms with E-state index in [9.17, 15) is 4.79 Å². The monoisotopic (exact) mass is 272 g/mol. The van der Waals surface area contributed by atoms with Crippen LogP contribution >= 0.6 is 0 Å². The number of aromatic nitrogens is 2. The number of likely N-dealkylation sites (tertiary alicyclic amines) is 1. The molecule has 1 unspecified atom stereocenters. The molecule has 5 nitrogen and oxygen atoms in total. The Kier molecular flexibility index (Phi) is 3.80. The first kappa shape index (κ1) is 13.3. The van der Waals surface area contributed by atoms with E-state index in [4.69, 9.17) is 0 Å². The highest BCUT2D eigenvalue weighted by molar-refractivity contribution is 5.73. The topological polar surface area (TPSA) is 61.0 Å². The molecule has 1 saturated heterocycles. The largest absolute Gasteiger partial charge is 0.319 e. The van der Waals surface area contributed by atoms with Crippen molar-refractivity contribution in [3.8, 4) is 0 Å².